The second-order valence-corrected chi connectivity index (χ2v) is 7.03. The zero-order valence-electron chi connectivity index (χ0n) is 15.4. The largest absolute Gasteiger partial charge is 0.412 e. The molecule has 1 N–H and O–H groups in total. The molecule has 146 valence electrons. The Hall–Kier alpha value is -3.09. The summed E-state index contributed by atoms with van der Waals surface area (Å²) in [6.07, 6.45) is 0. The fourth-order valence-corrected chi connectivity index (χ4v) is 3.62. The first-order chi connectivity index (χ1) is 14.1. The summed E-state index contributed by atoms with van der Waals surface area (Å²) in [6.45, 7) is 0.506. The van der Waals surface area contributed by atoms with Crippen molar-refractivity contribution in [2.24, 2.45) is 0 Å². The number of hydrogen-bond donors (Lipinski definition) is 1. The standard InChI is InChI=1S/C21H16Cl2N4O2/c1-29-27-17(28)11-10-14-19(18-15(22)8-5-9-16(18)23)25-21(26-20(14)27)24-12-13-6-3-2-4-7-13/h2-11H,12H2,1H3,(H,24,25,26). The van der Waals surface area contributed by atoms with Crippen LogP contribution in [0.1, 0.15) is 5.56 Å². The minimum atomic E-state index is -0.344. The van der Waals surface area contributed by atoms with Gasteiger partial charge in [-0.15, -0.1) is 4.73 Å². The lowest BCUT2D eigenvalue weighted by Gasteiger charge is -2.14. The number of rotatable bonds is 5. The fourth-order valence-electron chi connectivity index (χ4n) is 3.04. The summed E-state index contributed by atoms with van der Waals surface area (Å²) in [4.78, 5) is 26.6. The predicted molar refractivity (Wildman–Crippen MR) is 116 cm³/mol. The second-order valence-electron chi connectivity index (χ2n) is 6.22. The summed E-state index contributed by atoms with van der Waals surface area (Å²) in [5.41, 5.74) is 2.10. The van der Waals surface area contributed by atoms with Crippen molar-refractivity contribution in [1.29, 1.82) is 0 Å². The van der Waals surface area contributed by atoms with Crippen molar-refractivity contribution in [3.63, 3.8) is 0 Å². The SMILES string of the molecule is COn1c(=O)ccc2c(-c3c(Cl)cccc3Cl)nc(NCc3ccccc3)nc21. The molecule has 2 aromatic carbocycles. The first kappa shape index (κ1) is 19.2. The third kappa shape index (κ3) is 3.77. The highest BCUT2D eigenvalue weighted by Crippen LogP contribution is 2.37. The number of nitrogens with one attached hydrogen (secondary N) is 1. The average molecular weight is 427 g/mol. The lowest BCUT2D eigenvalue weighted by Crippen LogP contribution is -2.25. The minimum absolute atomic E-state index is 0.316. The molecule has 4 rings (SSSR count). The molecular weight excluding hydrogens is 411 g/mol. The Balaban J connectivity index is 1.92. The van der Waals surface area contributed by atoms with Gasteiger partial charge in [-0.25, -0.2) is 4.98 Å². The fraction of sp³-hybridized carbons (Fsp3) is 0.0952. The van der Waals surface area contributed by atoms with Gasteiger partial charge in [0, 0.05) is 23.6 Å². The first-order valence-electron chi connectivity index (χ1n) is 8.79. The third-order valence-corrected chi connectivity index (χ3v) is 5.02. The molecule has 0 atom stereocenters. The number of hydrogen-bond acceptors (Lipinski definition) is 5. The first-order valence-corrected chi connectivity index (χ1v) is 9.54. The zero-order valence-corrected chi connectivity index (χ0v) is 16.9. The van der Waals surface area contributed by atoms with Crippen molar-refractivity contribution in [3.05, 3.63) is 86.6 Å². The molecule has 0 amide bonds. The highest BCUT2D eigenvalue weighted by molar-refractivity contribution is 6.39. The zero-order chi connectivity index (χ0) is 20.4. The van der Waals surface area contributed by atoms with E-state index >= 15 is 0 Å². The van der Waals surface area contributed by atoms with E-state index in [-0.39, 0.29) is 5.56 Å². The number of anilines is 1. The number of nitrogens with zero attached hydrogens (tertiary/aromatic N) is 3. The second kappa shape index (κ2) is 8.11. The smallest absolute Gasteiger partial charge is 0.285 e. The van der Waals surface area contributed by atoms with Crippen molar-refractivity contribution < 1.29 is 4.84 Å². The van der Waals surface area contributed by atoms with Gasteiger partial charge in [-0.2, -0.15) is 4.98 Å². The number of aromatic nitrogens is 3. The number of halogens is 2. The van der Waals surface area contributed by atoms with Gasteiger partial charge in [-0.05, 0) is 23.8 Å². The molecule has 6 nitrogen and oxygen atoms in total. The van der Waals surface area contributed by atoms with Crippen molar-refractivity contribution >= 4 is 40.2 Å². The van der Waals surface area contributed by atoms with Gasteiger partial charge in [-0.3, -0.25) is 4.79 Å². The van der Waals surface area contributed by atoms with E-state index < -0.39 is 0 Å². The third-order valence-electron chi connectivity index (χ3n) is 4.39. The van der Waals surface area contributed by atoms with Crippen LogP contribution < -0.4 is 15.7 Å². The Labute approximate surface area is 176 Å². The number of benzene rings is 2. The molecule has 0 aliphatic heterocycles. The van der Waals surface area contributed by atoms with E-state index in [2.05, 4.69) is 15.3 Å². The summed E-state index contributed by atoms with van der Waals surface area (Å²) in [5, 5.41) is 4.68. The Bertz CT molecular complexity index is 1220. The van der Waals surface area contributed by atoms with Crippen LogP contribution >= 0.6 is 23.2 Å². The van der Waals surface area contributed by atoms with E-state index in [0.717, 1.165) is 10.3 Å². The van der Waals surface area contributed by atoms with E-state index in [1.165, 1.54) is 13.2 Å². The van der Waals surface area contributed by atoms with E-state index in [4.69, 9.17) is 28.0 Å². The Kier molecular flexibility index (Phi) is 5.38. The molecule has 2 aromatic heterocycles. The van der Waals surface area contributed by atoms with Crippen LogP contribution in [0.15, 0.2) is 65.5 Å². The van der Waals surface area contributed by atoms with Gasteiger partial charge in [0.05, 0.1) is 15.7 Å². The maximum atomic E-state index is 12.2. The molecule has 0 saturated carbocycles. The molecule has 0 fully saturated rings. The molecule has 0 unspecified atom stereocenters. The average Bonchev–Trinajstić information content (AvgIpc) is 2.72. The predicted octanol–water partition coefficient (Wildman–Crippen LogP) is 4.44. The van der Waals surface area contributed by atoms with E-state index in [1.807, 2.05) is 30.3 Å². The van der Waals surface area contributed by atoms with Gasteiger partial charge in [0.15, 0.2) is 5.65 Å². The van der Waals surface area contributed by atoms with Crippen LogP contribution in [0.3, 0.4) is 0 Å². The van der Waals surface area contributed by atoms with Crippen molar-refractivity contribution in [3.8, 4) is 11.3 Å². The van der Waals surface area contributed by atoms with Gasteiger partial charge in [0.2, 0.25) is 5.95 Å². The van der Waals surface area contributed by atoms with Gasteiger partial charge < -0.3 is 10.2 Å². The molecule has 4 aromatic rings. The summed E-state index contributed by atoms with van der Waals surface area (Å²) in [6, 6.07) is 18.1. The minimum Gasteiger partial charge on any atom is -0.412 e. The normalized spacial score (nSPS) is 10.9. The van der Waals surface area contributed by atoms with Crippen LogP contribution in [0, 0.1) is 0 Å². The maximum absolute atomic E-state index is 12.2. The Morgan fingerprint density at radius 1 is 0.966 bits per heavy atom. The summed E-state index contributed by atoms with van der Waals surface area (Å²) < 4.78 is 1.11. The molecule has 0 radical (unpaired) electrons. The van der Waals surface area contributed by atoms with Crippen LogP contribution in [0.4, 0.5) is 5.95 Å². The molecule has 8 heteroatoms. The lowest BCUT2D eigenvalue weighted by molar-refractivity contribution is 0.167. The van der Waals surface area contributed by atoms with Gasteiger partial charge >= 0.3 is 0 Å². The van der Waals surface area contributed by atoms with Crippen molar-refractivity contribution in [1.82, 2.24) is 14.7 Å². The summed E-state index contributed by atoms with van der Waals surface area (Å²) in [7, 11) is 1.40. The Morgan fingerprint density at radius 2 is 1.69 bits per heavy atom. The van der Waals surface area contributed by atoms with Crippen molar-refractivity contribution in [2.75, 3.05) is 12.4 Å². The highest BCUT2D eigenvalue weighted by Gasteiger charge is 2.18. The molecule has 2 heterocycles. The molecule has 0 bridgehead atoms. The quantitative estimate of drug-likeness (QED) is 0.510. The van der Waals surface area contributed by atoms with Crippen LogP contribution in [0.2, 0.25) is 10.0 Å². The topological polar surface area (TPSA) is 69.0 Å². The van der Waals surface area contributed by atoms with E-state index in [0.29, 0.717) is 44.8 Å². The van der Waals surface area contributed by atoms with E-state index in [9.17, 15) is 4.79 Å². The van der Waals surface area contributed by atoms with E-state index in [1.54, 1.807) is 24.3 Å². The van der Waals surface area contributed by atoms with Crippen LogP contribution in [-0.2, 0) is 6.54 Å². The van der Waals surface area contributed by atoms with Gasteiger partial charge in [-0.1, -0.05) is 59.6 Å². The Morgan fingerprint density at radius 3 is 2.38 bits per heavy atom. The molecule has 0 spiro atoms. The van der Waals surface area contributed by atoms with Crippen LogP contribution in [0.25, 0.3) is 22.3 Å². The number of fused-ring (bicyclic) bond motifs is 1. The summed E-state index contributed by atoms with van der Waals surface area (Å²) in [5.74, 6) is 0.323. The van der Waals surface area contributed by atoms with Gasteiger partial charge in [0.1, 0.15) is 7.11 Å². The molecule has 29 heavy (non-hydrogen) atoms. The molecule has 0 saturated heterocycles. The monoisotopic (exact) mass is 426 g/mol. The maximum Gasteiger partial charge on any atom is 0.285 e. The highest BCUT2D eigenvalue weighted by atomic mass is 35.5. The lowest BCUT2D eigenvalue weighted by atomic mass is 10.1. The molecule has 0 aliphatic carbocycles. The van der Waals surface area contributed by atoms with Crippen LogP contribution in [-0.4, -0.2) is 21.8 Å². The molecular formula is C21H16Cl2N4O2. The van der Waals surface area contributed by atoms with Crippen molar-refractivity contribution in [2.45, 2.75) is 6.54 Å². The van der Waals surface area contributed by atoms with Gasteiger partial charge in [0.25, 0.3) is 5.56 Å². The molecule has 0 aliphatic rings. The number of pyridine rings is 1. The summed E-state index contributed by atoms with van der Waals surface area (Å²) >= 11 is 12.9. The van der Waals surface area contributed by atoms with Crippen LogP contribution in [0.5, 0.6) is 0 Å².